The Morgan fingerprint density at radius 2 is 1.74 bits per heavy atom. The Balaban J connectivity index is 0.000000467. The summed E-state index contributed by atoms with van der Waals surface area (Å²) in [6, 6.07) is 9.54. The number of anilines is 2. The van der Waals surface area contributed by atoms with Crippen molar-refractivity contribution in [1.29, 1.82) is 0 Å². The Labute approximate surface area is 215 Å². The number of benzene rings is 2. The number of halogens is 1. The molecule has 2 aromatic rings. The van der Waals surface area contributed by atoms with Crippen molar-refractivity contribution in [1.82, 2.24) is 0 Å². The molecule has 0 aliphatic heterocycles. The highest BCUT2D eigenvalue weighted by atomic mass is 79.9. The lowest BCUT2D eigenvalue weighted by molar-refractivity contribution is -0.112. The SMILES string of the molecule is CC.CC1CCC(C=O)CC1.CCc1c(Br)cc(N)cc1C=O.CNc1ccc(C)c(OC)c1. The standard InChI is InChI=1S/C9H10BrNO.C9H13NO.C8H14O.C2H6/c1-2-8-6(5-12)3-7(11)4-9(8)10;1-7-4-5-8(10-2)6-9(7)11-3;1-7-2-4-8(6-9)5-3-7;1-2/h3-5H,2,11H2,1H3;4-6,10H,1-3H3;6-8H,2-5H2,1H3;1-2H3. The molecule has 3 rings (SSSR count). The van der Waals surface area contributed by atoms with Gasteiger partial charge in [0.2, 0.25) is 0 Å². The van der Waals surface area contributed by atoms with Crippen LogP contribution in [0.15, 0.2) is 34.8 Å². The van der Waals surface area contributed by atoms with E-state index in [1.54, 1.807) is 13.2 Å². The van der Waals surface area contributed by atoms with E-state index >= 15 is 0 Å². The van der Waals surface area contributed by atoms with Gasteiger partial charge in [-0.1, -0.05) is 62.5 Å². The highest BCUT2D eigenvalue weighted by molar-refractivity contribution is 9.10. The van der Waals surface area contributed by atoms with E-state index in [4.69, 9.17) is 10.5 Å². The monoisotopic (exact) mass is 534 g/mol. The lowest BCUT2D eigenvalue weighted by Gasteiger charge is -2.21. The van der Waals surface area contributed by atoms with Crippen molar-refractivity contribution >= 4 is 39.9 Å². The molecule has 0 heterocycles. The van der Waals surface area contributed by atoms with E-state index < -0.39 is 0 Å². The maximum absolute atomic E-state index is 10.6. The number of nitrogen functional groups attached to an aromatic ring is 1. The fourth-order valence-electron chi connectivity index (χ4n) is 3.56. The van der Waals surface area contributed by atoms with E-state index in [2.05, 4.69) is 28.2 Å². The number of nitrogens with one attached hydrogen (secondary N) is 1. The molecular formula is C28H43BrN2O3. The Hall–Kier alpha value is -2.34. The molecule has 0 radical (unpaired) electrons. The molecule has 1 aliphatic rings. The molecular weight excluding hydrogens is 492 g/mol. The van der Waals surface area contributed by atoms with E-state index in [1.165, 1.54) is 12.8 Å². The average Bonchev–Trinajstić information content (AvgIpc) is 2.86. The molecule has 5 nitrogen and oxygen atoms in total. The van der Waals surface area contributed by atoms with Crippen molar-refractivity contribution < 1.29 is 14.3 Å². The minimum Gasteiger partial charge on any atom is -0.496 e. The maximum atomic E-state index is 10.6. The van der Waals surface area contributed by atoms with Crippen LogP contribution in [0.5, 0.6) is 5.75 Å². The number of aldehydes is 2. The van der Waals surface area contributed by atoms with Crippen molar-refractivity contribution in [3.05, 3.63) is 51.5 Å². The zero-order valence-electron chi connectivity index (χ0n) is 21.9. The van der Waals surface area contributed by atoms with Crippen molar-refractivity contribution in [3.8, 4) is 5.75 Å². The molecule has 0 bridgehead atoms. The second-order valence-electron chi connectivity index (χ2n) is 8.13. The van der Waals surface area contributed by atoms with Gasteiger partial charge in [-0.25, -0.2) is 0 Å². The zero-order valence-corrected chi connectivity index (χ0v) is 23.5. The number of carbonyl (C=O) groups is 2. The van der Waals surface area contributed by atoms with Gasteiger partial charge in [-0.2, -0.15) is 0 Å². The van der Waals surface area contributed by atoms with Crippen LogP contribution in [0.4, 0.5) is 11.4 Å². The highest BCUT2D eigenvalue weighted by Gasteiger charge is 2.16. The number of hydrogen-bond donors (Lipinski definition) is 2. The van der Waals surface area contributed by atoms with Gasteiger partial charge in [0.1, 0.15) is 18.3 Å². The molecule has 0 spiro atoms. The molecule has 3 N–H and O–H groups in total. The summed E-state index contributed by atoms with van der Waals surface area (Å²) >= 11 is 3.36. The first-order chi connectivity index (χ1) is 16.3. The summed E-state index contributed by atoms with van der Waals surface area (Å²) in [5.41, 5.74) is 10.1. The fraction of sp³-hybridized carbons (Fsp3) is 0.500. The third-order valence-electron chi connectivity index (χ3n) is 5.68. The van der Waals surface area contributed by atoms with E-state index in [-0.39, 0.29) is 0 Å². The topological polar surface area (TPSA) is 81.4 Å². The average molecular weight is 536 g/mol. The zero-order chi connectivity index (χ0) is 26.1. The summed E-state index contributed by atoms with van der Waals surface area (Å²) in [4.78, 5) is 20.9. The Morgan fingerprint density at radius 3 is 2.21 bits per heavy atom. The molecule has 1 aliphatic carbocycles. The van der Waals surface area contributed by atoms with E-state index in [1.807, 2.05) is 59.0 Å². The number of methoxy groups -OCH3 is 1. The predicted molar refractivity (Wildman–Crippen MR) is 149 cm³/mol. The molecule has 1 saturated carbocycles. The third kappa shape index (κ3) is 11.2. The van der Waals surface area contributed by atoms with E-state index in [0.29, 0.717) is 17.2 Å². The number of aryl methyl sites for hydroxylation is 1. The van der Waals surface area contributed by atoms with Crippen LogP contribution in [-0.4, -0.2) is 26.7 Å². The first-order valence-electron chi connectivity index (χ1n) is 12.1. The molecule has 34 heavy (non-hydrogen) atoms. The lowest BCUT2D eigenvalue weighted by Crippen LogP contribution is -2.12. The number of hydrogen-bond acceptors (Lipinski definition) is 5. The van der Waals surface area contributed by atoms with Crippen molar-refractivity contribution in [2.45, 2.75) is 66.7 Å². The van der Waals surface area contributed by atoms with Crippen molar-refractivity contribution in [3.63, 3.8) is 0 Å². The molecule has 0 amide bonds. The van der Waals surface area contributed by atoms with Crippen molar-refractivity contribution in [2.75, 3.05) is 25.2 Å². The van der Waals surface area contributed by atoms with Gasteiger partial charge >= 0.3 is 0 Å². The molecule has 0 atom stereocenters. The van der Waals surface area contributed by atoms with Gasteiger partial charge in [-0.3, -0.25) is 4.79 Å². The van der Waals surface area contributed by atoms with Crippen LogP contribution in [0.1, 0.15) is 74.9 Å². The van der Waals surface area contributed by atoms with E-state index in [9.17, 15) is 9.59 Å². The largest absolute Gasteiger partial charge is 0.496 e. The molecule has 190 valence electrons. The molecule has 1 fully saturated rings. The van der Waals surface area contributed by atoms with Crippen LogP contribution >= 0.6 is 15.9 Å². The van der Waals surface area contributed by atoms with Gasteiger partial charge in [0.15, 0.2) is 0 Å². The van der Waals surface area contributed by atoms with Crippen LogP contribution in [0, 0.1) is 18.8 Å². The van der Waals surface area contributed by atoms with Crippen molar-refractivity contribution in [2.24, 2.45) is 11.8 Å². The Kier molecular flexibility index (Phi) is 16.8. The summed E-state index contributed by atoms with van der Waals surface area (Å²) in [6.45, 7) is 10.3. The minimum absolute atomic E-state index is 0.390. The first-order valence-corrected chi connectivity index (χ1v) is 12.9. The number of nitrogens with two attached hydrogens (primary N) is 1. The normalized spacial score (nSPS) is 16.2. The lowest BCUT2D eigenvalue weighted by atomic mass is 9.84. The molecule has 0 saturated heterocycles. The summed E-state index contributed by atoms with van der Waals surface area (Å²) in [7, 11) is 3.58. The second kappa shape index (κ2) is 18.0. The number of carbonyl (C=O) groups excluding carboxylic acids is 2. The molecule has 0 aromatic heterocycles. The maximum Gasteiger partial charge on any atom is 0.150 e. The van der Waals surface area contributed by atoms with Gasteiger partial charge < -0.3 is 20.6 Å². The predicted octanol–water partition coefficient (Wildman–Crippen LogP) is 7.49. The molecule has 0 unspecified atom stereocenters. The Bertz CT molecular complexity index is 863. The molecule has 6 heteroatoms. The van der Waals surface area contributed by atoms with Crippen LogP contribution in [0.2, 0.25) is 0 Å². The first kappa shape index (κ1) is 31.7. The van der Waals surface area contributed by atoms with E-state index in [0.717, 1.165) is 64.8 Å². The van der Waals surface area contributed by atoms with Gasteiger partial charge in [0, 0.05) is 40.4 Å². The van der Waals surface area contributed by atoms with Crippen LogP contribution < -0.4 is 15.8 Å². The fourth-order valence-corrected chi connectivity index (χ4v) is 4.33. The molecule has 2 aromatic carbocycles. The van der Waals surface area contributed by atoms with Gasteiger partial charge in [0.25, 0.3) is 0 Å². The van der Waals surface area contributed by atoms with Gasteiger partial charge in [-0.15, -0.1) is 0 Å². The van der Waals surface area contributed by atoms with Crippen LogP contribution in [0.25, 0.3) is 0 Å². The number of ether oxygens (including phenoxy) is 1. The quantitative estimate of drug-likeness (QED) is 0.306. The van der Waals surface area contributed by atoms with Crippen LogP contribution in [-0.2, 0) is 11.2 Å². The minimum atomic E-state index is 0.390. The highest BCUT2D eigenvalue weighted by Crippen LogP contribution is 2.26. The second-order valence-corrected chi connectivity index (χ2v) is 8.99. The third-order valence-corrected chi connectivity index (χ3v) is 6.39. The summed E-state index contributed by atoms with van der Waals surface area (Å²) < 4.78 is 6.06. The number of rotatable bonds is 5. The summed E-state index contributed by atoms with van der Waals surface area (Å²) in [6.07, 6.45) is 7.54. The van der Waals surface area contributed by atoms with Gasteiger partial charge in [-0.05, 0) is 61.4 Å². The van der Waals surface area contributed by atoms with Crippen LogP contribution in [0.3, 0.4) is 0 Å². The smallest absolute Gasteiger partial charge is 0.150 e. The summed E-state index contributed by atoms with van der Waals surface area (Å²) in [5, 5.41) is 3.05. The van der Waals surface area contributed by atoms with Gasteiger partial charge in [0.05, 0.1) is 7.11 Å². The Morgan fingerprint density at radius 1 is 1.12 bits per heavy atom. The summed E-state index contributed by atoms with van der Waals surface area (Å²) in [5.74, 6) is 2.18.